The monoisotopic (exact) mass is 227 g/mol. The molecule has 3 heterocycles. The van der Waals surface area contributed by atoms with E-state index in [0.717, 1.165) is 16.6 Å². The molecule has 0 aromatic carbocycles. The van der Waals surface area contributed by atoms with Crippen LogP contribution in [0.1, 0.15) is 12.0 Å². The number of rotatable bonds is 1. The predicted molar refractivity (Wildman–Crippen MR) is 61.8 cm³/mol. The lowest BCUT2D eigenvalue weighted by atomic mass is 10.1. The molecule has 0 bridgehead atoms. The Hall–Kier alpha value is -2.43. The summed E-state index contributed by atoms with van der Waals surface area (Å²) in [5.74, 6) is -0.563. The molecule has 2 aromatic rings. The van der Waals surface area contributed by atoms with Gasteiger partial charge < -0.3 is 4.98 Å². The summed E-state index contributed by atoms with van der Waals surface area (Å²) in [6.45, 7) is 0. The molecule has 17 heavy (non-hydrogen) atoms. The fourth-order valence-corrected chi connectivity index (χ4v) is 1.91. The predicted octanol–water partition coefficient (Wildman–Crippen LogP) is 0.993. The van der Waals surface area contributed by atoms with Crippen molar-refractivity contribution in [3.05, 3.63) is 35.7 Å². The largest absolute Gasteiger partial charge is 0.346 e. The van der Waals surface area contributed by atoms with Gasteiger partial charge in [0.05, 0.1) is 6.42 Å². The number of aromatic amines is 1. The molecule has 0 atom stereocenters. The SMILES string of the molecule is O=C1CC(=Cc2c[nH]c3ncccc23)C(=O)N1. The summed E-state index contributed by atoms with van der Waals surface area (Å²) >= 11 is 0. The Morgan fingerprint density at radius 3 is 3.00 bits per heavy atom. The third kappa shape index (κ3) is 1.61. The minimum atomic E-state index is -0.312. The number of nitrogens with one attached hydrogen (secondary N) is 2. The Labute approximate surface area is 96.5 Å². The van der Waals surface area contributed by atoms with Crippen LogP contribution in [-0.4, -0.2) is 21.8 Å². The van der Waals surface area contributed by atoms with Crippen LogP contribution in [0.25, 0.3) is 17.1 Å². The van der Waals surface area contributed by atoms with E-state index < -0.39 is 0 Å². The van der Waals surface area contributed by atoms with E-state index in [-0.39, 0.29) is 18.2 Å². The molecule has 3 rings (SSSR count). The first kappa shape index (κ1) is 9.77. The van der Waals surface area contributed by atoms with Crippen LogP contribution in [0.15, 0.2) is 30.1 Å². The quantitative estimate of drug-likeness (QED) is 0.563. The first-order chi connectivity index (χ1) is 8.24. The van der Waals surface area contributed by atoms with Gasteiger partial charge in [-0.3, -0.25) is 14.9 Å². The Balaban J connectivity index is 2.08. The van der Waals surface area contributed by atoms with Crippen LogP contribution in [0.4, 0.5) is 0 Å². The van der Waals surface area contributed by atoms with Crippen LogP contribution in [0.2, 0.25) is 0 Å². The minimum Gasteiger partial charge on any atom is -0.346 e. The molecule has 0 unspecified atom stereocenters. The van der Waals surface area contributed by atoms with Crippen LogP contribution < -0.4 is 5.32 Å². The zero-order valence-electron chi connectivity index (χ0n) is 8.86. The van der Waals surface area contributed by atoms with Gasteiger partial charge in [-0.05, 0) is 18.2 Å². The summed E-state index contributed by atoms with van der Waals surface area (Å²) in [6, 6.07) is 3.75. The number of amides is 2. The second-order valence-corrected chi connectivity index (χ2v) is 3.87. The third-order valence-corrected chi connectivity index (χ3v) is 2.71. The summed E-state index contributed by atoms with van der Waals surface area (Å²) < 4.78 is 0. The molecule has 2 aromatic heterocycles. The van der Waals surface area contributed by atoms with Crippen LogP contribution in [0.3, 0.4) is 0 Å². The summed E-state index contributed by atoms with van der Waals surface area (Å²) in [5, 5.41) is 3.19. The molecular formula is C12H9N3O2. The molecule has 5 nitrogen and oxygen atoms in total. The minimum absolute atomic E-state index is 0.145. The fourth-order valence-electron chi connectivity index (χ4n) is 1.91. The number of nitrogens with zero attached hydrogens (tertiary/aromatic N) is 1. The number of hydrogen-bond acceptors (Lipinski definition) is 3. The zero-order chi connectivity index (χ0) is 11.8. The van der Waals surface area contributed by atoms with Gasteiger partial charge in [0.25, 0.3) is 5.91 Å². The van der Waals surface area contributed by atoms with Crippen LogP contribution in [0.5, 0.6) is 0 Å². The van der Waals surface area contributed by atoms with Gasteiger partial charge in [-0.2, -0.15) is 0 Å². The number of aromatic nitrogens is 2. The van der Waals surface area contributed by atoms with Crippen molar-refractivity contribution in [1.29, 1.82) is 0 Å². The average Bonchev–Trinajstić information content (AvgIpc) is 2.85. The van der Waals surface area contributed by atoms with E-state index >= 15 is 0 Å². The number of fused-ring (bicyclic) bond motifs is 1. The molecule has 5 heteroatoms. The van der Waals surface area contributed by atoms with Crippen LogP contribution >= 0.6 is 0 Å². The van der Waals surface area contributed by atoms with Crippen molar-refractivity contribution in [2.45, 2.75) is 6.42 Å². The molecule has 1 fully saturated rings. The van der Waals surface area contributed by atoms with Crippen molar-refractivity contribution in [2.24, 2.45) is 0 Å². The van der Waals surface area contributed by atoms with E-state index in [4.69, 9.17) is 0 Å². The fraction of sp³-hybridized carbons (Fsp3) is 0.0833. The first-order valence-electron chi connectivity index (χ1n) is 5.21. The Morgan fingerprint density at radius 2 is 2.24 bits per heavy atom. The Morgan fingerprint density at radius 1 is 1.35 bits per heavy atom. The van der Waals surface area contributed by atoms with Crippen LogP contribution in [-0.2, 0) is 9.59 Å². The number of H-pyrrole nitrogens is 1. The van der Waals surface area contributed by atoms with Crippen molar-refractivity contribution in [3.8, 4) is 0 Å². The molecule has 2 N–H and O–H groups in total. The summed E-state index contributed by atoms with van der Waals surface area (Å²) in [5.41, 5.74) is 2.12. The van der Waals surface area contributed by atoms with Crippen molar-refractivity contribution >= 4 is 28.9 Å². The number of hydrogen-bond donors (Lipinski definition) is 2. The Kier molecular flexibility index (Phi) is 2.04. The lowest BCUT2D eigenvalue weighted by molar-refractivity contribution is -0.124. The van der Waals surface area contributed by atoms with E-state index in [2.05, 4.69) is 15.3 Å². The van der Waals surface area contributed by atoms with Gasteiger partial charge in [0.2, 0.25) is 5.91 Å². The standard InChI is InChI=1S/C12H9N3O2/c16-10-5-7(12(17)15-10)4-8-6-14-11-9(8)2-1-3-13-11/h1-4,6H,5H2,(H,13,14)(H,15,16,17). The van der Waals surface area contributed by atoms with E-state index in [1.807, 2.05) is 12.1 Å². The molecule has 1 aliphatic rings. The molecule has 0 saturated carbocycles. The van der Waals surface area contributed by atoms with Gasteiger partial charge >= 0.3 is 0 Å². The van der Waals surface area contributed by atoms with Gasteiger partial charge in [-0.1, -0.05) is 0 Å². The second-order valence-electron chi connectivity index (χ2n) is 3.87. The average molecular weight is 227 g/mol. The number of imide groups is 1. The summed E-state index contributed by atoms with van der Waals surface area (Å²) in [6.07, 6.45) is 5.34. The van der Waals surface area contributed by atoms with E-state index in [1.54, 1.807) is 18.5 Å². The zero-order valence-corrected chi connectivity index (χ0v) is 8.86. The van der Waals surface area contributed by atoms with Crippen molar-refractivity contribution in [1.82, 2.24) is 15.3 Å². The molecule has 1 saturated heterocycles. The third-order valence-electron chi connectivity index (χ3n) is 2.71. The molecule has 84 valence electrons. The van der Waals surface area contributed by atoms with E-state index in [1.165, 1.54) is 0 Å². The van der Waals surface area contributed by atoms with E-state index in [9.17, 15) is 9.59 Å². The van der Waals surface area contributed by atoms with Gasteiger partial charge in [-0.15, -0.1) is 0 Å². The second kappa shape index (κ2) is 3.55. The molecule has 0 radical (unpaired) electrons. The van der Waals surface area contributed by atoms with Crippen molar-refractivity contribution < 1.29 is 9.59 Å². The highest BCUT2D eigenvalue weighted by Gasteiger charge is 2.23. The van der Waals surface area contributed by atoms with Crippen molar-refractivity contribution in [3.63, 3.8) is 0 Å². The number of carbonyl (C=O) groups excluding carboxylic acids is 2. The molecular weight excluding hydrogens is 218 g/mol. The molecule has 0 spiro atoms. The lowest BCUT2D eigenvalue weighted by Crippen LogP contribution is -2.19. The molecule has 0 aliphatic carbocycles. The van der Waals surface area contributed by atoms with Crippen molar-refractivity contribution in [2.75, 3.05) is 0 Å². The van der Waals surface area contributed by atoms with Gasteiger partial charge in [0.15, 0.2) is 0 Å². The lowest BCUT2D eigenvalue weighted by Gasteiger charge is -1.92. The van der Waals surface area contributed by atoms with Gasteiger partial charge in [0.1, 0.15) is 5.65 Å². The maximum Gasteiger partial charge on any atom is 0.254 e. The topological polar surface area (TPSA) is 74.8 Å². The highest BCUT2D eigenvalue weighted by atomic mass is 16.2. The maximum absolute atomic E-state index is 11.4. The van der Waals surface area contributed by atoms with E-state index in [0.29, 0.717) is 5.57 Å². The highest BCUT2D eigenvalue weighted by molar-refractivity contribution is 6.16. The molecule has 1 aliphatic heterocycles. The van der Waals surface area contributed by atoms with Gasteiger partial charge in [0, 0.05) is 28.9 Å². The first-order valence-corrected chi connectivity index (χ1v) is 5.21. The number of pyridine rings is 1. The highest BCUT2D eigenvalue weighted by Crippen LogP contribution is 2.21. The smallest absolute Gasteiger partial charge is 0.254 e. The Bertz CT molecular complexity index is 655. The number of carbonyl (C=O) groups is 2. The van der Waals surface area contributed by atoms with Crippen LogP contribution in [0, 0.1) is 0 Å². The summed E-state index contributed by atoms with van der Waals surface area (Å²) in [7, 11) is 0. The summed E-state index contributed by atoms with van der Waals surface area (Å²) in [4.78, 5) is 29.7. The molecule has 2 amide bonds. The normalized spacial score (nSPS) is 18.0. The van der Waals surface area contributed by atoms with Gasteiger partial charge in [-0.25, -0.2) is 4.98 Å². The maximum atomic E-state index is 11.4.